The van der Waals surface area contributed by atoms with Crippen molar-refractivity contribution in [2.45, 2.75) is 57.7 Å². The lowest BCUT2D eigenvalue weighted by molar-refractivity contribution is -0.138. The quantitative estimate of drug-likeness (QED) is 0.589. The summed E-state index contributed by atoms with van der Waals surface area (Å²) < 4.78 is 0. The highest BCUT2D eigenvalue weighted by atomic mass is 16.2. The molecule has 3 aliphatic rings. The molecule has 196 valence electrons. The number of hydrogen-bond donors (Lipinski definition) is 2. The summed E-state index contributed by atoms with van der Waals surface area (Å²) in [5, 5.41) is 6.20. The van der Waals surface area contributed by atoms with Gasteiger partial charge in [0.1, 0.15) is 12.1 Å². The van der Waals surface area contributed by atoms with E-state index in [-0.39, 0.29) is 47.9 Å². The van der Waals surface area contributed by atoms with E-state index in [4.69, 9.17) is 0 Å². The van der Waals surface area contributed by atoms with E-state index in [9.17, 15) is 19.2 Å². The van der Waals surface area contributed by atoms with Gasteiger partial charge in [-0.1, -0.05) is 13.8 Å². The molecular weight excluding hydrogens is 458 g/mol. The Hall–Kier alpha value is -2.94. The van der Waals surface area contributed by atoms with Crippen molar-refractivity contribution in [2.24, 2.45) is 11.8 Å². The van der Waals surface area contributed by atoms with Crippen molar-refractivity contribution < 1.29 is 19.2 Å². The van der Waals surface area contributed by atoms with Gasteiger partial charge in [0.05, 0.1) is 12.6 Å². The number of hydrogen-bond acceptors (Lipinski definition) is 6. The molecule has 0 saturated carbocycles. The largest absolute Gasteiger partial charge is 0.378 e. The molecule has 0 radical (unpaired) electrons. The van der Waals surface area contributed by atoms with E-state index in [1.165, 1.54) is 0 Å². The Bertz CT molecular complexity index is 986. The van der Waals surface area contributed by atoms with Crippen LogP contribution in [-0.4, -0.2) is 91.7 Å². The molecule has 1 aromatic carbocycles. The SMILES string of the molecule is CC(C)C[C@H](NC(=O)c1ccc(N(C)C)cc1)C(=O)N1CCC2C1C(=O)CN2C(=O)C1CCNCC1. The molecule has 3 saturated heterocycles. The molecular formula is C27H39N5O4. The Morgan fingerprint density at radius 3 is 2.33 bits per heavy atom. The lowest BCUT2D eigenvalue weighted by Gasteiger charge is -2.30. The van der Waals surface area contributed by atoms with Crippen molar-refractivity contribution in [3.8, 4) is 0 Å². The summed E-state index contributed by atoms with van der Waals surface area (Å²) in [6.07, 6.45) is 2.62. The number of piperidine rings is 1. The van der Waals surface area contributed by atoms with Crippen molar-refractivity contribution in [1.82, 2.24) is 20.4 Å². The smallest absolute Gasteiger partial charge is 0.251 e. The van der Waals surface area contributed by atoms with Crippen LogP contribution >= 0.6 is 0 Å². The number of ketones is 1. The molecule has 2 unspecified atom stereocenters. The molecule has 3 heterocycles. The molecule has 0 aliphatic carbocycles. The minimum atomic E-state index is -0.730. The van der Waals surface area contributed by atoms with Gasteiger partial charge in [0.2, 0.25) is 11.8 Å². The van der Waals surface area contributed by atoms with E-state index in [1.54, 1.807) is 21.9 Å². The maximum absolute atomic E-state index is 13.7. The number of nitrogens with one attached hydrogen (secondary N) is 2. The third-order valence-electron chi connectivity index (χ3n) is 7.63. The summed E-state index contributed by atoms with van der Waals surface area (Å²) >= 11 is 0. The van der Waals surface area contributed by atoms with E-state index in [0.29, 0.717) is 24.9 Å². The van der Waals surface area contributed by atoms with Gasteiger partial charge in [-0.05, 0) is 69.0 Å². The molecule has 0 bridgehead atoms. The molecule has 3 amide bonds. The third-order valence-corrected chi connectivity index (χ3v) is 7.63. The summed E-state index contributed by atoms with van der Waals surface area (Å²) in [6.45, 7) is 6.12. The Kier molecular flexibility index (Phi) is 7.97. The van der Waals surface area contributed by atoms with Gasteiger partial charge in [0.25, 0.3) is 5.91 Å². The fourth-order valence-corrected chi connectivity index (χ4v) is 5.71. The number of carbonyl (C=O) groups excluding carboxylic acids is 4. The van der Waals surface area contributed by atoms with E-state index < -0.39 is 12.1 Å². The van der Waals surface area contributed by atoms with Crippen LogP contribution in [0.1, 0.15) is 49.9 Å². The van der Waals surface area contributed by atoms with Crippen LogP contribution in [0.25, 0.3) is 0 Å². The molecule has 9 nitrogen and oxygen atoms in total. The maximum atomic E-state index is 13.7. The van der Waals surface area contributed by atoms with Gasteiger partial charge in [-0.15, -0.1) is 0 Å². The lowest BCUT2D eigenvalue weighted by atomic mass is 9.96. The fraction of sp³-hybridized carbons (Fsp3) is 0.630. The maximum Gasteiger partial charge on any atom is 0.251 e. The first-order valence-corrected chi connectivity index (χ1v) is 13.1. The minimum Gasteiger partial charge on any atom is -0.378 e. The van der Waals surface area contributed by atoms with Crippen LogP contribution in [-0.2, 0) is 14.4 Å². The molecule has 3 atom stereocenters. The Labute approximate surface area is 213 Å². The number of amides is 3. The predicted octanol–water partition coefficient (Wildman–Crippen LogP) is 1.28. The van der Waals surface area contributed by atoms with Gasteiger partial charge in [-0.2, -0.15) is 0 Å². The summed E-state index contributed by atoms with van der Waals surface area (Å²) in [5.41, 5.74) is 1.46. The summed E-state index contributed by atoms with van der Waals surface area (Å²) in [4.78, 5) is 58.3. The van der Waals surface area contributed by atoms with Crippen molar-refractivity contribution >= 4 is 29.2 Å². The van der Waals surface area contributed by atoms with Gasteiger partial charge in [0.15, 0.2) is 5.78 Å². The highest BCUT2D eigenvalue weighted by Crippen LogP contribution is 2.32. The normalized spacial score (nSPS) is 23.1. The first-order chi connectivity index (χ1) is 17.2. The van der Waals surface area contributed by atoms with Crippen LogP contribution in [0.5, 0.6) is 0 Å². The average molecular weight is 498 g/mol. The van der Waals surface area contributed by atoms with Crippen LogP contribution in [0.2, 0.25) is 0 Å². The van der Waals surface area contributed by atoms with E-state index in [1.807, 2.05) is 45.0 Å². The van der Waals surface area contributed by atoms with Gasteiger partial charge in [-0.3, -0.25) is 19.2 Å². The number of likely N-dealkylation sites (tertiary alicyclic amines) is 2. The molecule has 2 N–H and O–H groups in total. The summed E-state index contributed by atoms with van der Waals surface area (Å²) in [7, 11) is 3.86. The number of rotatable bonds is 7. The zero-order chi connectivity index (χ0) is 26.0. The third kappa shape index (κ3) is 5.40. The predicted molar refractivity (Wildman–Crippen MR) is 138 cm³/mol. The zero-order valence-corrected chi connectivity index (χ0v) is 21.8. The Morgan fingerprint density at radius 1 is 1.06 bits per heavy atom. The number of Topliss-reactive ketones (excluding diaryl/α,β-unsaturated/α-hetero) is 1. The van der Waals surface area contributed by atoms with Crippen LogP contribution in [0.3, 0.4) is 0 Å². The number of benzene rings is 1. The van der Waals surface area contributed by atoms with Crippen LogP contribution in [0.15, 0.2) is 24.3 Å². The first-order valence-electron chi connectivity index (χ1n) is 13.1. The molecule has 9 heteroatoms. The number of nitrogens with zero attached hydrogens (tertiary/aromatic N) is 3. The molecule has 1 aromatic rings. The van der Waals surface area contributed by atoms with Crippen LogP contribution in [0, 0.1) is 11.8 Å². The minimum absolute atomic E-state index is 0.0415. The number of carbonyl (C=O) groups is 4. The second-order valence-electron chi connectivity index (χ2n) is 10.9. The van der Waals surface area contributed by atoms with E-state index in [2.05, 4.69) is 10.6 Å². The summed E-state index contributed by atoms with van der Waals surface area (Å²) in [5.74, 6) is -0.475. The second-order valence-corrected chi connectivity index (χ2v) is 10.9. The Morgan fingerprint density at radius 2 is 1.72 bits per heavy atom. The molecule has 0 aromatic heterocycles. The molecule has 3 aliphatic heterocycles. The van der Waals surface area contributed by atoms with Crippen molar-refractivity contribution in [3.63, 3.8) is 0 Å². The highest BCUT2D eigenvalue weighted by Gasteiger charge is 2.52. The topological polar surface area (TPSA) is 102 Å². The van der Waals surface area contributed by atoms with E-state index in [0.717, 1.165) is 31.6 Å². The van der Waals surface area contributed by atoms with Crippen molar-refractivity contribution in [2.75, 3.05) is 45.2 Å². The van der Waals surface area contributed by atoms with Crippen LogP contribution < -0.4 is 15.5 Å². The molecule has 4 rings (SSSR count). The number of fused-ring (bicyclic) bond motifs is 1. The standard InChI is InChI=1S/C27H39N5O4/c1-17(2)15-21(29-25(34)18-5-7-20(8-6-18)30(3)4)27(36)31-14-11-22-24(31)23(33)16-32(22)26(35)19-9-12-28-13-10-19/h5-8,17,19,21-22,24,28H,9-16H2,1-4H3,(H,29,34)/t21-,22?,24?/m0/s1. The van der Waals surface area contributed by atoms with Crippen LogP contribution in [0.4, 0.5) is 5.69 Å². The molecule has 0 spiro atoms. The van der Waals surface area contributed by atoms with Gasteiger partial charge in [-0.25, -0.2) is 0 Å². The monoisotopic (exact) mass is 497 g/mol. The molecule has 3 fully saturated rings. The van der Waals surface area contributed by atoms with Crippen molar-refractivity contribution in [3.05, 3.63) is 29.8 Å². The fourth-order valence-electron chi connectivity index (χ4n) is 5.71. The Balaban J connectivity index is 1.46. The van der Waals surface area contributed by atoms with Crippen molar-refractivity contribution in [1.29, 1.82) is 0 Å². The average Bonchev–Trinajstić information content (AvgIpc) is 3.44. The van der Waals surface area contributed by atoms with Gasteiger partial charge >= 0.3 is 0 Å². The van der Waals surface area contributed by atoms with Gasteiger partial charge < -0.3 is 25.3 Å². The summed E-state index contributed by atoms with van der Waals surface area (Å²) in [6, 6.07) is 5.62. The lowest BCUT2D eigenvalue weighted by Crippen LogP contribution is -2.53. The highest BCUT2D eigenvalue weighted by molar-refractivity contribution is 6.01. The number of anilines is 1. The second kappa shape index (κ2) is 11.0. The molecule has 36 heavy (non-hydrogen) atoms. The van der Waals surface area contributed by atoms with E-state index >= 15 is 0 Å². The zero-order valence-electron chi connectivity index (χ0n) is 21.8. The van der Waals surface area contributed by atoms with Gasteiger partial charge in [0, 0.05) is 37.8 Å². The first kappa shape index (κ1) is 26.1.